The number of carbonyl (C=O) groups excluding carboxylic acids is 1. The maximum Gasteiger partial charge on any atom is 0.259 e. The Hall–Kier alpha value is -3.08. The summed E-state index contributed by atoms with van der Waals surface area (Å²) in [4.78, 5) is 12.7. The van der Waals surface area contributed by atoms with Gasteiger partial charge in [0.05, 0.1) is 35.4 Å². The van der Waals surface area contributed by atoms with Crippen LogP contribution in [0.2, 0.25) is 0 Å². The molecule has 0 spiro atoms. The molecule has 1 N–H and O–H groups in total. The quantitative estimate of drug-likeness (QED) is 0.734. The monoisotopic (exact) mass is 335 g/mol. The second kappa shape index (κ2) is 7.66. The highest BCUT2D eigenvalue weighted by molar-refractivity contribution is 6.05. The lowest BCUT2D eigenvalue weighted by Gasteiger charge is -2.12. The molecule has 0 radical (unpaired) electrons. The third-order valence-corrected chi connectivity index (χ3v) is 3.85. The Bertz CT molecular complexity index is 856. The number of hydrogen-bond donors (Lipinski definition) is 1. The molecule has 0 saturated carbocycles. The number of hydrogen-bond acceptors (Lipinski definition) is 3. The zero-order valence-corrected chi connectivity index (χ0v) is 14.4. The lowest BCUT2D eigenvalue weighted by atomic mass is 10.2. The van der Waals surface area contributed by atoms with Gasteiger partial charge in [-0.3, -0.25) is 4.79 Å². The number of para-hydroxylation sites is 3. The van der Waals surface area contributed by atoms with Crippen molar-refractivity contribution in [1.29, 1.82) is 0 Å². The summed E-state index contributed by atoms with van der Waals surface area (Å²) >= 11 is 0. The Morgan fingerprint density at radius 2 is 1.84 bits per heavy atom. The Kier molecular flexibility index (Phi) is 5.14. The minimum absolute atomic E-state index is 0.202. The van der Waals surface area contributed by atoms with Crippen LogP contribution in [0.4, 0.5) is 5.69 Å². The number of nitrogens with one attached hydrogen (secondary N) is 1. The third-order valence-electron chi connectivity index (χ3n) is 3.85. The Balaban J connectivity index is 1.82. The number of carbonyl (C=O) groups is 1. The Morgan fingerprint density at radius 1 is 1.12 bits per heavy atom. The minimum Gasteiger partial charge on any atom is -0.491 e. The van der Waals surface area contributed by atoms with Crippen LogP contribution in [0.25, 0.3) is 5.69 Å². The normalized spacial score (nSPS) is 10.5. The van der Waals surface area contributed by atoms with Gasteiger partial charge in [0.25, 0.3) is 5.91 Å². The molecule has 5 heteroatoms. The number of amides is 1. The number of anilines is 1. The molecule has 1 aromatic heterocycles. The van der Waals surface area contributed by atoms with Crippen LogP contribution in [0.5, 0.6) is 5.75 Å². The van der Waals surface area contributed by atoms with Gasteiger partial charge in [0.1, 0.15) is 5.75 Å². The first-order chi connectivity index (χ1) is 12.2. The fourth-order valence-corrected chi connectivity index (χ4v) is 2.56. The maximum absolute atomic E-state index is 12.7. The number of rotatable bonds is 6. The molecule has 1 amide bonds. The number of nitrogens with zero attached hydrogens (tertiary/aromatic N) is 2. The summed E-state index contributed by atoms with van der Waals surface area (Å²) in [5.41, 5.74) is 2.91. The SMILES string of the molecule is CCCOc1ccccc1NC(=O)c1cnn(-c2ccccc2)c1C. The predicted octanol–water partition coefficient (Wildman–Crippen LogP) is 4.22. The van der Waals surface area contributed by atoms with Crippen LogP contribution in [0.1, 0.15) is 29.4 Å². The van der Waals surface area contributed by atoms with Gasteiger partial charge < -0.3 is 10.1 Å². The lowest BCUT2D eigenvalue weighted by Crippen LogP contribution is -2.14. The molecule has 0 aliphatic carbocycles. The van der Waals surface area contributed by atoms with Crippen molar-refractivity contribution in [3.8, 4) is 11.4 Å². The van der Waals surface area contributed by atoms with Crippen LogP contribution in [-0.2, 0) is 0 Å². The van der Waals surface area contributed by atoms with Crippen LogP contribution < -0.4 is 10.1 Å². The van der Waals surface area contributed by atoms with Crippen molar-refractivity contribution in [2.75, 3.05) is 11.9 Å². The van der Waals surface area contributed by atoms with Gasteiger partial charge in [-0.1, -0.05) is 37.3 Å². The van der Waals surface area contributed by atoms with Crippen molar-refractivity contribution in [2.45, 2.75) is 20.3 Å². The molecule has 0 unspecified atom stereocenters. The van der Waals surface area contributed by atoms with Crippen LogP contribution in [0.15, 0.2) is 60.8 Å². The second-order valence-corrected chi connectivity index (χ2v) is 5.69. The van der Waals surface area contributed by atoms with Gasteiger partial charge in [0, 0.05) is 0 Å². The van der Waals surface area contributed by atoms with Crippen LogP contribution >= 0.6 is 0 Å². The van der Waals surface area contributed by atoms with E-state index in [9.17, 15) is 4.79 Å². The Morgan fingerprint density at radius 3 is 2.60 bits per heavy atom. The molecule has 0 aliphatic rings. The molecule has 3 rings (SSSR count). The average Bonchev–Trinajstić information content (AvgIpc) is 3.03. The lowest BCUT2D eigenvalue weighted by molar-refractivity contribution is 0.102. The summed E-state index contributed by atoms with van der Waals surface area (Å²) in [5, 5.41) is 7.27. The van der Waals surface area contributed by atoms with Crippen molar-refractivity contribution < 1.29 is 9.53 Å². The third kappa shape index (κ3) is 3.71. The molecule has 3 aromatic rings. The van der Waals surface area contributed by atoms with Crippen molar-refractivity contribution in [1.82, 2.24) is 9.78 Å². The second-order valence-electron chi connectivity index (χ2n) is 5.69. The van der Waals surface area contributed by atoms with E-state index in [0.717, 1.165) is 17.8 Å². The van der Waals surface area contributed by atoms with E-state index < -0.39 is 0 Å². The number of benzene rings is 2. The summed E-state index contributed by atoms with van der Waals surface area (Å²) in [6.45, 7) is 4.54. The smallest absolute Gasteiger partial charge is 0.259 e. The fraction of sp³-hybridized carbons (Fsp3) is 0.200. The highest BCUT2D eigenvalue weighted by Crippen LogP contribution is 2.25. The molecule has 0 saturated heterocycles. The molecule has 0 atom stereocenters. The van der Waals surface area contributed by atoms with E-state index in [4.69, 9.17) is 4.74 Å². The predicted molar refractivity (Wildman–Crippen MR) is 98.5 cm³/mol. The summed E-state index contributed by atoms with van der Waals surface area (Å²) in [5.74, 6) is 0.470. The van der Waals surface area contributed by atoms with E-state index in [1.165, 1.54) is 0 Å². The largest absolute Gasteiger partial charge is 0.491 e. The number of ether oxygens (including phenoxy) is 1. The summed E-state index contributed by atoms with van der Waals surface area (Å²) in [6.07, 6.45) is 2.50. The molecule has 0 bridgehead atoms. The van der Waals surface area contributed by atoms with Crippen LogP contribution in [0, 0.1) is 6.92 Å². The van der Waals surface area contributed by atoms with E-state index in [2.05, 4.69) is 10.4 Å². The standard InChI is InChI=1S/C20H21N3O2/c1-3-13-25-19-12-8-7-11-18(19)22-20(24)17-14-21-23(15(17)2)16-9-5-4-6-10-16/h4-12,14H,3,13H2,1-2H3,(H,22,24). The molecule has 0 fully saturated rings. The summed E-state index contributed by atoms with van der Waals surface area (Å²) < 4.78 is 7.45. The number of aromatic nitrogens is 2. The average molecular weight is 335 g/mol. The van der Waals surface area contributed by atoms with E-state index in [0.29, 0.717) is 23.6 Å². The molecule has 2 aromatic carbocycles. The minimum atomic E-state index is -0.202. The van der Waals surface area contributed by atoms with Gasteiger partial charge in [-0.2, -0.15) is 5.10 Å². The maximum atomic E-state index is 12.7. The van der Waals surface area contributed by atoms with Crippen LogP contribution in [-0.4, -0.2) is 22.3 Å². The van der Waals surface area contributed by atoms with E-state index in [-0.39, 0.29) is 5.91 Å². The summed E-state index contributed by atoms with van der Waals surface area (Å²) in [6, 6.07) is 17.2. The molecule has 128 valence electrons. The zero-order valence-electron chi connectivity index (χ0n) is 14.4. The first-order valence-electron chi connectivity index (χ1n) is 8.34. The van der Waals surface area contributed by atoms with Crippen molar-refractivity contribution in [2.24, 2.45) is 0 Å². The molecule has 1 heterocycles. The van der Waals surface area contributed by atoms with Crippen LogP contribution in [0.3, 0.4) is 0 Å². The van der Waals surface area contributed by atoms with Gasteiger partial charge in [-0.25, -0.2) is 4.68 Å². The van der Waals surface area contributed by atoms with E-state index in [1.54, 1.807) is 10.9 Å². The highest BCUT2D eigenvalue weighted by Gasteiger charge is 2.16. The molecule has 25 heavy (non-hydrogen) atoms. The molecule has 0 aliphatic heterocycles. The van der Waals surface area contributed by atoms with Gasteiger partial charge in [-0.15, -0.1) is 0 Å². The molecule has 5 nitrogen and oxygen atoms in total. The Labute approximate surface area is 147 Å². The van der Waals surface area contributed by atoms with Gasteiger partial charge in [-0.05, 0) is 37.6 Å². The molecular weight excluding hydrogens is 314 g/mol. The van der Waals surface area contributed by atoms with Crippen molar-refractivity contribution >= 4 is 11.6 Å². The van der Waals surface area contributed by atoms with Gasteiger partial charge in [0.2, 0.25) is 0 Å². The van der Waals surface area contributed by atoms with Crippen molar-refractivity contribution in [3.05, 3.63) is 72.1 Å². The van der Waals surface area contributed by atoms with Gasteiger partial charge >= 0.3 is 0 Å². The van der Waals surface area contributed by atoms with Gasteiger partial charge in [0.15, 0.2) is 0 Å². The molecular formula is C20H21N3O2. The highest BCUT2D eigenvalue weighted by atomic mass is 16.5. The first kappa shape index (κ1) is 16.8. The van der Waals surface area contributed by atoms with E-state index in [1.807, 2.05) is 68.4 Å². The first-order valence-corrected chi connectivity index (χ1v) is 8.34. The topological polar surface area (TPSA) is 56.1 Å². The van der Waals surface area contributed by atoms with Crippen molar-refractivity contribution in [3.63, 3.8) is 0 Å². The zero-order chi connectivity index (χ0) is 17.6. The summed E-state index contributed by atoms with van der Waals surface area (Å²) in [7, 11) is 0. The fourth-order valence-electron chi connectivity index (χ4n) is 2.56. The van der Waals surface area contributed by atoms with E-state index >= 15 is 0 Å².